The number of ether oxygens (including phenoxy) is 1. The van der Waals surface area contributed by atoms with Crippen LogP contribution in [0.25, 0.3) is 0 Å². The number of benzene rings is 1. The van der Waals surface area contributed by atoms with Crippen LogP contribution in [0.4, 0.5) is 13.2 Å². The van der Waals surface area contributed by atoms with Gasteiger partial charge in [-0.3, -0.25) is 0 Å². The van der Waals surface area contributed by atoms with Gasteiger partial charge in [0.15, 0.2) is 0 Å². The van der Waals surface area contributed by atoms with Gasteiger partial charge in [-0.1, -0.05) is 12.1 Å². The van der Waals surface area contributed by atoms with Crippen molar-refractivity contribution in [1.29, 1.82) is 0 Å². The fourth-order valence-corrected chi connectivity index (χ4v) is 1.46. The predicted octanol–water partition coefficient (Wildman–Crippen LogP) is 2.18. The molecule has 0 aliphatic carbocycles. The molecule has 1 rings (SSSR count). The zero-order valence-electron chi connectivity index (χ0n) is 9.53. The van der Waals surface area contributed by atoms with Gasteiger partial charge >= 0.3 is 6.36 Å². The third-order valence-electron chi connectivity index (χ3n) is 2.29. The van der Waals surface area contributed by atoms with E-state index < -0.39 is 6.36 Å². The lowest BCUT2D eigenvalue weighted by Gasteiger charge is -2.22. The van der Waals surface area contributed by atoms with Crippen LogP contribution in [0.2, 0.25) is 0 Å². The highest BCUT2D eigenvalue weighted by Gasteiger charge is 2.31. The maximum Gasteiger partial charge on any atom is 0.573 e. The minimum absolute atomic E-state index is 0.105. The molecule has 1 aromatic rings. The van der Waals surface area contributed by atoms with Gasteiger partial charge in [0, 0.05) is 0 Å². The lowest BCUT2D eigenvalue weighted by Crippen LogP contribution is -2.23. The highest BCUT2D eigenvalue weighted by Crippen LogP contribution is 2.25. The molecule has 1 N–H and O–H groups in total. The van der Waals surface area contributed by atoms with E-state index in [9.17, 15) is 13.2 Å². The van der Waals surface area contributed by atoms with Crippen LogP contribution >= 0.6 is 0 Å². The number of aliphatic hydroxyl groups is 1. The van der Waals surface area contributed by atoms with Crippen molar-refractivity contribution in [1.82, 2.24) is 4.90 Å². The summed E-state index contributed by atoms with van der Waals surface area (Å²) >= 11 is 0. The van der Waals surface area contributed by atoms with Crippen molar-refractivity contribution in [2.24, 2.45) is 0 Å². The van der Waals surface area contributed by atoms with Gasteiger partial charge in [0.2, 0.25) is 0 Å². The maximum atomic E-state index is 11.9. The summed E-state index contributed by atoms with van der Waals surface area (Å²) in [6.45, 7) is -0.105. The fourth-order valence-electron chi connectivity index (χ4n) is 1.46. The Morgan fingerprint density at radius 1 is 1.24 bits per heavy atom. The minimum atomic E-state index is -4.68. The summed E-state index contributed by atoms with van der Waals surface area (Å²) in [5.74, 6) is -0.267. The Morgan fingerprint density at radius 3 is 2.12 bits per heavy atom. The topological polar surface area (TPSA) is 32.7 Å². The van der Waals surface area contributed by atoms with Crippen molar-refractivity contribution in [3.05, 3.63) is 29.8 Å². The second-order valence-electron chi connectivity index (χ2n) is 3.78. The van der Waals surface area contributed by atoms with E-state index in [0.717, 1.165) is 5.56 Å². The molecule has 0 radical (unpaired) electrons. The van der Waals surface area contributed by atoms with Crippen LogP contribution in [0.15, 0.2) is 24.3 Å². The van der Waals surface area contributed by atoms with E-state index in [1.165, 1.54) is 24.3 Å². The van der Waals surface area contributed by atoms with Crippen LogP contribution in [0.1, 0.15) is 11.6 Å². The lowest BCUT2D eigenvalue weighted by atomic mass is 10.1. The molecule has 0 bridgehead atoms. The Balaban J connectivity index is 2.80. The average Bonchev–Trinajstić information content (AvgIpc) is 2.18. The summed E-state index contributed by atoms with van der Waals surface area (Å²) < 4.78 is 39.5. The highest BCUT2D eigenvalue weighted by molar-refractivity contribution is 5.29. The fraction of sp³-hybridized carbons (Fsp3) is 0.455. The molecule has 0 aromatic heterocycles. The number of aliphatic hydroxyl groups excluding tert-OH is 1. The van der Waals surface area contributed by atoms with Gasteiger partial charge in [-0.25, -0.2) is 0 Å². The summed E-state index contributed by atoms with van der Waals surface area (Å²) in [6, 6.07) is 5.23. The molecule has 0 aliphatic rings. The Morgan fingerprint density at radius 2 is 1.76 bits per heavy atom. The standard InChI is InChI=1S/C11H14F3NO2/c1-15(2)10(7-16)8-3-5-9(6-4-8)17-11(12,13)14/h3-6,10,16H,7H2,1-2H3/t10-/m1/s1. The summed E-state index contributed by atoms with van der Waals surface area (Å²) in [5.41, 5.74) is 0.729. The Labute approximate surface area is 97.4 Å². The molecule has 0 spiro atoms. The van der Waals surface area contributed by atoms with Crippen molar-refractivity contribution >= 4 is 0 Å². The van der Waals surface area contributed by atoms with E-state index in [1.54, 1.807) is 19.0 Å². The molecule has 1 atom stereocenters. The summed E-state index contributed by atoms with van der Waals surface area (Å²) in [6.07, 6.45) is -4.68. The zero-order valence-corrected chi connectivity index (χ0v) is 9.53. The van der Waals surface area contributed by atoms with E-state index in [1.807, 2.05) is 0 Å². The lowest BCUT2D eigenvalue weighted by molar-refractivity contribution is -0.274. The van der Waals surface area contributed by atoms with Gasteiger partial charge in [-0.05, 0) is 31.8 Å². The SMILES string of the molecule is CN(C)[C@H](CO)c1ccc(OC(F)(F)F)cc1. The van der Waals surface area contributed by atoms with Gasteiger partial charge in [0.25, 0.3) is 0 Å². The number of hydrogen-bond donors (Lipinski definition) is 1. The number of halogens is 3. The average molecular weight is 249 g/mol. The van der Waals surface area contributed by atoms with E-state index in [-0.39, 0.29) is 18.4 Å². The minimum Gasteiger partial charge on any atom is -0.406 e. The van der Waals surface area contributed by atoms with Crippen LogP contribution in [-0.2, 0) is 0 Å². The van der Waals surface area contributed by atoms with Crippen LogP contribution in [0, 0.1) is 0 Å². The molecule has 0 aliphatic heterocycles. The van der Waals surface area contributed by atoms with Gasteiger partial charge in [0.05, 0.1) is 12.6 Å². The Kier molecular flexibility index (Phi) is 4.36. The number of alkyl halides is 3. The van der Waals surface area contributed by atoms with E-state index in [0.29, 0.717) is 0 Å². The molecular weight excluding hydrogens is 235 g/mol. The van der Waals surface area contributed by atoms with Crippen molar-refractivity contribution in [3.63, 3.8) is 0 Å². The molecular formula is C11H14F3NO2. The monoisotopic (exact) mass is 249 g/mol. The van der Waals surface area contributed by atoms with Crippen LogP contribution in [-0.4, -0.2) is 37.1 Å². The third-order valence-corrected chi connectivity index (χ3v) is 2.29. The van der Waals surface area contributed by atoms with Crippen molar-refractivity contribution in [2.75, 3.05) is 20.7 Å². The van der Waals surface area contributed by atoms with Crippen LogP contribution < -0.4 is 4.74 Å². The van der Waals surface area contributed by atoms with Gasteiger partial charge < -0.3 is 14.7 Å². The van der Waals surface area contributed by atoms with E-state index in [4.69, 9.17) is 5.11 Å². The third kappa shape index (κ3) is 4.24. The molecule has 0 saturated heterocycles. The Hall–Kier alpha value is -1.27. The normalized spacial score (nSPS) is 13.8. The second-order valence-corrected chi connectivity index (χ2v) is 3.78. The first-order chi connectivity index (χ1) is 7.83. The van der Waals surface area contributed by atoms with Crippen LogP contribution in [0.5, 0.6) is 5.75 Å². The first-order valence-corrected chi connectivity index (χ1v) is 4.96. The largest absolute Gasteiger partial charge is 0.573 e. The molecule has 0 saturated carbocycles. The second kappa shape index (κ2) is 5.37. The zero-order chi connectivity index (χ0) is 13.1. The molecule has 6 heteroatoms. The van der Waals surface area contributed by atoms with E-state index >= 15 is 0 Å². The highest BCUT2D eigenvalue weighted by atomic mass is 19.4. The van der Waals surface area contributed by atoms with E-state index in [2.05, 4.69) is 4.74 Å². The predicted molar refractivity (Wildman–Crippen MR) is 56.6 cm³/mol. The Bertz CT molecular complexity index is 349. The summed E-state index contributed by atoms with van der Waals surface area (Å²) in [4.78, 5) is 1.78. The molecule has 0 unspecified atom stereocenters. The number of nitrogens with zero attached hydrogens (tertiary/aromatic N) is 1. The molecule has 0 amide bonds. The molecule has 0 heterocycles. The molecule has 0 fully saturated rings. The number of rotatable bonds is 4. The summed E-state index contributed by atoms with van der Waals surface area (Å²) in [7, 11) is 3.56. The molecule has 96 valence electrons. The van der Waals surface area contributed by atoms with Gasteiger partial charge in [0.1, 0.15) is 5.75 Å². The first kappa shape index (κ1) is 13.8. The molecule has 1 aromatic carbocycles. The molecule has 3 nitrogen and oxygen atoms in total. The number of hydrogen-bond acceptors (Lipinski definition) is 3. The molecule has 17 heavy (non-hydrogen) atoms. The number of likely N-dealkylation sites (N-methyl/N-ethyl adjacent to an activating group) is 1. The van der Waals surface area contributed by atoms with Gasteiger partial charge in [-0.2, -0.15) is 0 Å². The summed E-state index contributed by atoms with van der Waals surface area (Å²) in [5, 5.41) is 9.15. The van der Waals surface area contributed by atoms with Crippen molar-refractivity contribution in [3.8, 4) is 5.75 Å². The van der Waals surface area contributed by atoms with Crippen molar-refractivity contribution in [2.45, 2.75) is 12.4 Å². The van der Waals surface area contributed by atoms with Crippen LogP contribution in [0.3, 0.4) is 0 Å². The maximum absolute atomic E-state index is 11.9. The first-order valence-electron chi connectivity index (χ1n) is 4.96. The van der Waals surface area contributed by atoms with Gasteiger partial charge in [-0.15, -0.1) is 13.2 Å². The van der Waals surface area contributed by atoms with Crippen molar-refractivity contribution < 1.29 is 23.0 Å². The quantitative estimate of drug-likeness (QED) is 0.887. The smallest absolute Gasteiger partial charge is 0.406 e.